The third-order valence-corrected chi connectivity index (χ3v) is 4.44. The highest BCUT2D eigenvalue weighted by Crippen LogP contribution is 2.21. The van der Waals surface area contributed by atoms with E-state index in [4.69, 9.17) is 4.99 Å². The maximum Gasteiger partial charge on any atom is 0.401 e. The molecule has 1 N–H and O–H groups in total. The van der Waals surface area contributed by atoms with E-state index in [9.17, 15) is 13.2 Å². The van der Waals surface area contributed by atoms with E-state index in [0.717, 1.165) is 28.1 Å². The Hall–Kier alpha value is -2.92. The number of benzene rings is 3. The summed E-state index contributed by atoms with van der Waals surface area (Å²) in [5, 5.41) is 2.52. The Kier molecular flexibility index (Phi) is 6.83. The summed E-state index contributed by atoms with van der Waals surface area (Å²) in [5.74, 6) is 0. The van der Waals surface area contributed by atoms with Crippen molar-refractivity contribution < 1.29 is 13.2 Å². The summed E-state index contributed by atoms with van der Waals surface area (Å²) >= 11 is 0. The first-order valence-electron chi connectivity index (χ1n) is 9.49. The molecular formula is C24H23F3N2. The lowest BCUT2D eigenvalue weighted by Gasteiger charge is -2.15. The molecule has 5 heteroatoms. The van der Waals surface area contributed by atoms with Crippen molar-refractivity contribution in [2.75, 3.05) is 6.54 Å². The molecule has 0 fully saturated rings. The van der Waals surface area contributed by atoms with Crippen LogP contribution in [0, 0.1) is 0 Å². The third kappa shape index (κ3) is 6.57. The molecule has 0 aliphatic rings. The SMILES string of the molecule is CC(Cc1cccc(N=C(c2ccccc2)c2ccccc2)c1)NCC(F)(F)F. The highest BCUT2D eigenvalue weighted by atomic mass is 19.4. The van der Waals surface area contributed by atoms with Gasteiger partial charge in [0.1, 0.15) is 0 Å². The standard InChI is InChI=1S/C24H23F3N2/c1-18(28-17-24(25,26)27)15-19-9-8-14-22(16-19)29-23(20-10-4-2-5-11-20)21-12-6-3-7-13-21/h2-14,16,18,28H,15,17H2,1H3. The molecule has 0 amide bonds. The topological polar surface area (TPSA) is 24.4 Å². The van der Waals surface area contributed by atoms with Crippen molar-refractivity contribution in [1.82, 2.24) is 5.32 Å². The number of hydrogen-bond donors (Lipinski definition) is 1. The van der Waals surface area contributed by atoms with Gasteiger partial charge in [-0.05, 0) is 31.0 Å². The molecule has 0 aromatic heterocycles. The second-order valence-corrected chi connectivity index (χ2v) is 6.96. The molecule has 1 atom stereocenters. The minimum atomic E-state index is -4.21. The summed E-state index contributed by atoms with van der Waals surface area (Å²) in [6, 6.07) is 27.2. The van der Waals surface area contributed by atoms with Gasteiger partial charge in [-0.15, -0.1) is 0 Å². The van der Waals surface area contributed by atoms with Crippen molar-refractivity contribution in [2.24, 2.45) is 4.99 Å². The lowest BCUT2D eigenvalue weighted by molar-refractivity contribution is -0.126. The minimum Gasteiger partial charge on any atom is -0.306 e. The lowest BCUT2D eigenvalue weighted by Crippen LogP contribution is -2.36. The number of nitrogens with one attached hydrogen (secondary N) is 1. The summed E-state index contributed by atoms with van der Waals surface area (Å²) in [7, 11) is 0. The van der Waals surface area contributed by atoms with Gasteiger partial charge in [0.15, 0.2) is 0 Å². The summed E-state index contributed by atoms with van der Waals surface area (Å²) in [6.07, 6.45) is -3.72. The van der Waals surface area contributed by atoms with Crippen LogP contribution in [0.3, 0.4) is 0 Å². The zero-order valence-corrected chi connectivity index (χ0v) is 16.2. The average Bonchev–Trinajstić information content (AvgIpc) is 2.72. The van der Waals surface area contributed by atoms with Crippen LogP contribution in [-0.2, 0) is 6.42 Å². The molecule has 3 rings (SSSR count). The van der Waals surface area contributed by atoms with Gasteiger partial charge < -0.3 is 5.32 Å². The highest BCUT2D eigenvalue weighted by Gasteiger charge is 2.27. The minimum absolute atomic E-state index is 0.293. The molecule has 0 bridgehead atoms. The fraction of sp³-hybridized carbons (Fsp3) is 0.208. The molecule has 3 aromatic rings. The zero-order chi connectivity index (χ0) is 20.7. The van der Waals surface area contributed by atoms with Crippen LogP contribution in [0.2, 0.25) is 0 Å². The third-order valence-electron chi connectivity index (χ3n) is 4.44. The molecule has 29 heavy (non-hydrogen) atoms. The predicted octanol–water partition coefficient (Wildman–Crippen LogP) is 5.94. The zero-order valence-electron chi connectivity index (χ0n) is 16.2. The van der Waals surface area contributed by atoms with Gasteiger partial charge in [-0.25, -0.2) is 4.99 Å². The van der Waals surface area contributed by atoms with E-state index in [0.29, 0.717) is 6.42 Å². The second-order valence-electron chi connectivity index (χ2n) is 6.96. The van der Waals surface area contributed by atoms with Crippen LogP contribution in [0.4, 0.5) is 18.9 Å². The number of nitrogens with zero attached hydrogens (tertiary/aromatic N) is 1. The van der Waals surface area contributed by atoms with Crippen LogP contribution >= 0.6 is 0 Å². The Bertz CT molecular complexity index is 894. The first-order valence-corrected chi connectivity index (χ1v) is 9.49. The molecule has 0 spiro atoms. The molecule has 0 aliphatic heterocycles. The van der Waals surface area contributed by atoms with Crippen LogP contribution in [-0.4, -0.2) is 24.5 Å². The van der Waals surface area contributed by atoms with Gasteiger partial charge in [0.25, 0.3) is 0 Å². The molecular weight excluding hydrogens is 373 g/mol. The Morgan fingerprint density at radius 1 is 0.862 bits per heavy atom. The fourth-order valence-electron chi connectivity index (χ4n) is 3.09. The van der Waals surface area contributed by atoms with E-state index in [1.807, 2.05) is 84.9 Å². The van der Waals surface area contributed by atoms with Gasteiger partial charge >= 0.3 is 6.18 Å². The predicted molar refractivity (Wildman–Crippen MR) is 112 cm³/mol. The summed E-state index contributed by atoms with van der Waals surface area (Å²) < 4.78 is 37.2. The van der Waals surface area contributed by atoms with Gasteiger partial charge in [-0.1, -0.05) is 72.8 Å². The van der Waals surface area contributed by atoms with E-state index in [1.54, 1.807) is 6.92 Å². The van der Waals surface area contributed by atoms with Crippen molar-refractivity contribution >= 4 is 11.4 Å². The van der Waals surface area contributed by atoms with Crippen LogP contribution in [0.1, 0.15) is 23.6 Å². The molecule has 0 saturated heterocycles. The molecule has 1 unspecified atom stereocenters. The Labute approximate surface area is 169 Å². The second kappa shape index (κ2) is 9.52. The number of aliphatic imine (C=N–C) groups is 1. The Morgan fingerprint density at radius 2 is 1.45 bits per heavy atom. The Balaban J connectivity index is 1.85. The quantitative estimate of drug-likeness (QED) is 0.491. The first-order chi connectivity index (χ1) is 13.9. The average molecular weight is 396 g/mol. The van der Waals surface area contributed by atoms with Gasteiger partial charge in [0.05, 0.1) is 17.9 Å². The normalized spacial score (nSPS) is 12.4. The number of alkyl halides is 3. The van der Waals surface area contributed by atoms with Crippen LogP contribution in [0.25, 0.3) is 0 Å². The van der Waals surface area contributed by atoms with Crippen molar-refractivity contribution in [1.29, 1.82) is 0 Å². The number of hydrogen-bond acceptors (Lipinski definition) is 2. The maximum atomic E-state index is 12.4. The van der Waals surface area contributed by atoms with Crippen molar-refractivity contribution in [3.8, 4) is 0 Å². The molecule has 150 valence electrons. The molecule has 0 radical (unpaired) electrons. The lowest BCUT2D eigenvalue weighted by atomic mass is 10.0. The van der Waals surface area contributed by atoms with Crippen LogP contribution in [0.15, 0.2) is 89.9 Å². The van der Waals surface area contributed by atoms with E-state index in [-0.39, 0.29) is 6.04 Å². The highest BCUT2D eigenvalue weighted by molar-refractivity contribution is 6.13. The number of halogens is 3. The largest absolute Gasteiger partial charge is 0.401 e. The summed E-state index contributed by atoms with van der Waals surface area (Å²) in [5.41, 5.74) is 4.57. The van der Waals surface area contributed by atoms with Gasteiger partial charge in [0, 0.05) is 17.2 Å². The smallest absolute Gasteiger partial charge is 0.306 e. The van der Waals surface area contributed by atoms with Crippen molar-refractivity contribution in [3.05, 3.63) is 102 Å². The van der Waals surface area contributed by atoms with E-state index in [1.165, 1.54) is 0 Å². The van der Waals surface area contributed by atoms with Crippen LogP contribution in [0.5, 0.6) is 0 Å². The van der Waals surface area contributed by atoms with Crippen LogP contribution < -0.4 is 5.32 Å². The molecule has 0 aliphatic carbocycles. The summed E-state index contributed by atoms with van der Waals surface area (Å²) in [4.78, 5) is 4.87. The molecule has 0 heterocycles. The number of rotatable bonds is 7. The van der Waals surface area contributed by atoms with Gasteiger partial charge in [-0.2, -0.15) is 13.2 Å². The van der Waals surface area contributed by atoms with E-state index < -0.39 is 12.7 Å². The van der Waals surface area contributed by atoms with Gasteiger partial charge in [0.2, 0.25) is 0 Å². The van der Waals surface area contributed by atoms with E-state index >= 15 is 0 Å². The fourth-order valence-corrected chi connectivity index (χ4v) is 3.09. The van der Waals surface area contributed by atoms with Crippen molar-refractivity contribution in [3.63, 3.8) is 0 Å². The molecule has 0 saturated carbocycles. The first kappa shape index (κ1) is 20.8. The molecule has 3 aromatic carbocycles. The van der Waals surface area contributed by atoms with Crippen molar-refractivity contribution in [2.45, 2.75) is 25.6 Å². The Morgan fingerprint density at radius 3 is 2.00 bits per heavy atom. The van der Waals surface area contributed by atoms with E-state index in [2.05, 4.69) is 5.32 Å². The summed E-state index contributed by atoms with van der Waals surface area (Å²) in [6.45, 7) is 0.763. The van der Waals surface area contributed by atoms with Gasteiger partial charge in [-0.3, -0.25) is 0 Å². The maximum absolute atomic E-state index is 12.4. The monoisotopic (exact) mass is 396 g/mol. The molecule has 2 nitrogen and oxygen atoms in total.